The van der Waals surface area contributed by atoms with E-state index in [4.69, 9.17) is 0 Å². The van der Waals surface area contributed by atoms with Crippen LogP contribution in [0.1, 0.15) is 17.8 Å². The molecule has 0 bridgehead atoms. The minimum Gasteiger partial charge on any atom is -0.351 e. The smallest absolute Gasteiger partial charge is 0.351 e. The Balaban J connectivity index is 1.32. The van der Waals surface area contributed by atoms with Crippen LogP contribution in [-0.2, 0) is 27.5 Å². The Morgan fingerprint density at radius 2 is 1.70 bits per heavy atom. The van der Waals surface area contributed by atoms with E-state index in [0.717, 1.165) is 47.0 Å². The van der Waals surface area contributed by atoms with Gasteiger partial charge < -0.3 is 5.32 Å². The van der Waals surface area contributed by atoms with Crippen LogP contribution in [0, 0.1) is 23.5 Å². The molecule has 1 amide bonds. The number of aromatic nitrogens is 2. The summed E-state index contributed by atoms with van der Waals surface area (Å²) in [7, 11) is -4.06. The molecule has 5 rings (SSSR count). The Morgan fingerprint density at radius 1 is 1.03 bits per heavy atom. The van der Waals surface area contributed by atoms with Crippen LogP contribution in [0.4, 0.5) is 22.0 Å². The van der Waals surface area contributed by atoms with E-state index in [0.29, 0.717) is 12.0 Å². The topological polar surface area (TPSA) is 92.3 Å². The van der Waals surface area contributed by atoms with Crippen LogP contribution in [0.15, 0.2) is 59.8 Å². The van der Waals surface area contributed by atoms with Crippen molar-refractivity contribution in [2.24, 2.45) is 11.8 Å². The maximum absolute atomic E-state index is 14.5. The zero-order valence-corrected chi connectivity index (χ0v) is 19.7. The summed E-state index contributed by atoms with van der Waals surface area (Å²) in [5.41, 5.74) is 0.598. The summed E-state index contributed by atoms with van der Waals surface area (Å²) in [5, 5.41) is 2.58. The lowest BCUT2D eigenvalue weighted by Crippen LogP contribution is -2.48. The Morgan fingerprint density at radius 3 is 2.35 bits per heavy atom. The van der Waals surface area contributed by atoms with Crippen molar-refractivity contribution in [2.45, 2.75) is 30.1 Å². The molecule has 13 heteroatoms. The summed E-state index contributed by atoms with van der Waals surface area (Å²) in [5.74, 6) is -3.30. The number of nitrogens with zero attached hydrogens (tertiary/aromatic N) is 3. The van der Waals surface area contributed by atoms with Crippen molar-refractivity contribution in [3.8, 4) is 11.1 Å². The van der Waals surface area contributed by atoms with Gasteiger partial charge in [-0.15, -0.1) is 0 Å². The van der Waals surface area contributed by atoms with E-state index in [9.17, 15) is 35.2 Å². The monoisotopic (exact) mass is 538 g/mol. The van der Waals surface area contributed by atoms with Crippen LogP contribution in [0.2, 0.25) is 0 Å². The first kappa shape index (κ1) is 25.2. The van der Waals surface area contributed by atoms with Gasteiger partial charge >= 0.3 is 6.18 Å². The molecule has 2 aliphatic rings. The van der Waals surface area contributed by atoms with Gasteiger partial charge in [0.25, 0.3) is 0 Å². The van der Waals surface area contributed by atoms with Gasteiger partial charge in [-0.3, -0.25) is 4.79 Å². The fourth-order valence-electron chi connectivity index (χ4n) is 4.54. The predicted octanol–water partition coefficient (Wildman–Crippen LogP) is 3.77. The Hall–Kier alpha value is -3.45. The average Bonchev–Trinajstić information content (AvgIpc) is 3.52. The van der Waals surface area contributed by atoms with E-state index in [1.54, 1.807) is 0 Å². The maximum Gasteiger partial charge on any atom is 0.451 e. The van der Waals surface area contributed by atoms with Gasteiger partial charge in [0.2, 0.25) is 21.8 Å². The quantitative estimate of drug-likeness (QED) is 0.483. The summed E-state index contributed by atoms with van der Waals surface area (Å²) in [4.78, 5) is 19.5. The molecule has 3 unspecified atom stereocenters. The second-order valence-electron chi connectivity index (χ2n) is 8.95. The van der Waals surface area contributed by atoms with Crippen LogP contribution >= 0.6 is 0 Å². The third-order valence-electron chi connectivity index (χ3n) is 6.53. The lowest BCUT2D eigenvalue weighted by molar-refractivity contribution is -0.145. The molecule has 2 fully saturated rings. The van der Waals surface area contributed by atoms with Crippen LogP contribution in [0.3, 0.4) is 0 Å². The lowest BCUT2D eigenvalue weighted by atomic mass is 10.0. The third-order valence-corrected chi connectivity index (χ3v) is 8.40. The molecule has 1 N–H and O–H groups in total. The van der Waals surface area contributed by atoms with Crippen LogP contribution < -0.4 is 5.32 Å². The molecule has 1 saturated carbocycles. The van der Waals surface area contributed by atoms with E-state index in [1.807, 2.05) is 0 Å². The molecule has 1 aromatic heterocycles. The zero-order valence-electron chi connectivity index (χ0n) is 18.9. The fourth-order valence-corrected chi connectivity index (χ4v) is 6.23. The highest BCUT2D eigenvalue weighted by Crippen LogP contribution is 2.51. The van der Waals surface area contributed by atoms with Gasteiger partial charge in [0.05, 0.1) is 4.90 Å². The molecule has 0 radical (unpaired) electrons. The molecule has 3 aromatic rings. The number of rotatable bonds is 6. The average molecular weight is 538 g/mol. The van der Waals surface area contributed by atoms with Crippen LogP contribution in [-0.4, -0.2) is 41.2 Å². The van der Waals surface area contributed by atoms with Crippen molar-refractivity contribution in [3.63, 3.8) is 0 Å². The van der Waals surface area contributed by atoms with Crippen LogP contribution in [0.5, 0.6) is 0 Å². The van der Waals surface area contributed by atoms with Gasteiger partial charge in [-0.25, -0.2) is 27.2 Å². The first-order valence-electron chi connectivity index (χ1n) is 11.2. The Bertz CT molecular complexity index is 1450. The number of amides is 1. The number of piperidine rings is 1. The summed E-state index contributed by atoms with van der Waals surface area (Å²) in [6.45, 7) is -0.126. The predicted molar refractivity (Wildman–Crippen MR) is 120 cm³/mol. The second-order valence-corrected chi connectivity index (χ2v) is 10.8. The Labute approximate surface area is 208 Å². The molecule has 0 spiro atoms. The molecular formula is C24H19F5N4O3S. The largest absolute Gasteiger partial charge is 0.451 e. The lowest BCUT2D eigenvalue weighted by Gasteiger charge is -2.26. The number of carbonyl (C=O) groups is 1. The third kappa shape index (κ3) is 4.92. The zero-order chi connectivity index (χ0) is 26.5. The summed E-state index contributed by atoms with van der Waals surface area (Å²) in [6.07, 6.45) is -2.08. The van der Waals surface area contributed by atoms with Crippen molar-refractivity contribution < 1.29 is 35.2 Å². The number of halogens is 5. The first-order valence-corrected chi connectivity index (χ1v) is 12.6. The SMILES string of the molecule is O=C(NCc1cc(-c2cnc(C(F)(F)F)nc2)ccc1F)C1C2CC2CN1S(=O)(=O)c1ccc(F)cc1. The number of benzene rings is 2. The molecule has 7 nitrogen and oxygen atoms in total. The van der Waals surface area contributed by atoms with Crippen molar-refractivity contribution >= 4 is 15.9 Å². The normalized spacial score (nSPS) is 21.5. The number of hydrogen-bond acceptors (Lipinski definition) is 5. The molecule has 3 atom stereocenters. The van der Waals surface area contributed by atoms with E-state index >= 15 is 0 Å². The summed E-state index contributed by atoms with van der Waals surface area (Å²) in [6, 6.07) is 7.12. The molecule has 1 aliphatic carbocycles. The van der Waals surface area contributed by atoms with Crippen molar-refractivity contribution in [1.82, 2.24) is 19.6 Å². The number of carbonyl (C=O) groups excluding carboxylic acids is 1. The van der Waals surface area contributed by atoms with Crippen molar-refractivity contribution in [2.75, 3.05) is 6.54 Å². The molecule has 1 saturated heterocycles. The molecule has 2 aromatic carbocycles. The molecule has 194 valence electrons. The van der Waals surface area contributed by atoms with Gasteiger partial charge in [-0.05, 0) is 60.2 Å². The van der Waals surface area contributed by atoms with E-state index < -0.39 is 45.6 Å². The fraction of sp³-hybridized carbons (Fsp3) is 0.292. The highest BCUT2D eigenvalue weighted by Gasteiger charge is 2.58. The second kappa shape index (κ2) is 9.14. The van der Waals surface area contributed by atoms with E-state index in [1.165, 1.54) is 12.1 Å². The van der Waals surface area contributed by atoms with Gasteiger partial charge in [-0.1, -0.05) is 6.07 Å². The van der Waals surface area contributed by atoms with E-state index in [-0.39, 0.29) is 40.9 Å². The minimum absolute atomic E-state index is 0.0331. The van der Waals surface area contributed by atoms with Crippen LogP contribution in [0.25, 0.3) is 11.1 Å². The van der Waals surface area contributed by atoms with Gasteiger partial charge in [0.15, 0.2) is 0 Å². The minimum atomic E-state index is -4.70. The van der Waals surface area contributed by atoms with Gasteiger partial charge in [-0.2, -0.15) is 17.5 Å². The molecule has 37 heavy (non-hydrogen) atoms. The van der Waals surface area contributed by atoms with E-state index in [2.05, 4.69) is 15.3 Å². The highest BCUT2D eigenvalue weighted by molar-refractivity contribution is 7.89. The standard InChI is InChI=1S/C24H19F5N4O3S/c25-17-2-4-18(5-3-17)37(35,36)33-12-15-8-19(15)21(33)22(34)30-9-14-7-13(1-6-20(14)26)16-10-31-23(32-11-16)24(27,28)29/h1-7,10-11,15,19,21H,8-9,12H2,(H,30,34). The summed E-state index contributed by atoms with van der Waals surface area (Å²) >= 11 is 0. The molecular weight excluding hydrogens is 519 g/mol. The van der Waals surface area contributed by atoms with Gasteiger partial charge in [0, 0.05) is 36.6 Å². The highest BCUT2D eigenvalue weighted by atomic mass is 32.2. The number of alkyl halides is 3. The number of fused-ring (bicyclic) bond motifs is 1. The number of sulfonamides is 1. The first-order chi connectivity index (χ1) is 17.4. The number of hydrogen-bond donors (Lipinski definition) is 1. The summed E-state index contributed by atoms with van der Waals surface area (Å²) < 4.78 is 93.2. The number of nitrogens with one attached hydrogen (secondary N) is 1. The Kier molecular flexibility index (Phi) is 6.23. The van der Waals surface area contributed by atoms with Crippen molar-refractivity contribution in [1.29, 1.82) is 0 Å². The van der Waals surface area contributed by atoms with Gasteiger partial charge in [0.1, 0.15) is 17.7 Å². The maximum atomic E-state index is 14.5. The molecule has 1 aliphatic heterocycles. The molecule has 2 heterocycles. The van der Waals surface area contributed by atoms with Crippen molar-refractivity contribution in [3.05, 3.63) is 77.9 Å².